The SMILES string of the molecule is CCc1cc(Nc2nccc(-c3ccc(NC(=O)C4CCCN4)cc3)n2)ccc1N1CCN(CC)CC1. The van der Waals surface area contributed by atoms with Crippen LogP contribution in [0.5, 0.6) is 0 Å². The number of amides is 1. The van der Waals surface area contributed by atoms with Crippen LogP contribution in [0.3, 0.4) is 0 Å². The molecule has 2 aliphatic heterocycles. The summed E-state index contributed by atoms with van der Waals surface area (Å²) in [5.41, 5.74) is 6.24. The van der Waals surface area contributed by atoms with Crippen LogP contribution in [0.15, 0.2) is 54.7 Å². The number of nitrogens with zero attached hydrogens (tertiary/aromatic N) is 4. The summed E-state index contributed by atoms with van der Waals surface area (Å²) in [6.45, 7) is 10.8. The van der Waals surface area contributed by atoms with Gasteiger partial charge >= 0.3 is 0 Å². The van der Waals surface area contributed by atoms with Gasteiger partial charge in [0.05, 0.1) is 11.7 Å². The van der Waals surface area contributed by atoms with Gasteiger partial charge in [0, 0.05) is 55.0 Å². The molecule has 3 N–H and O–H groups in total. The Balaban J connectivity index is 1.25. The van der Waals surface area contributed by atoms with E-state index in [9.17, 15) is 4.79 Å². The van der Waals surface area contributed by atoms with Gasteiger partial charge in [0.25, 0.3) is 0 Å². The van der Waals surface area contributed by atoms with Crippen LogP contribution in [0.25, 0.3) is 11.3 Å². The molecule has 1 amide bonds. The quantitative estimate of drug-likeness (QED) is 0.427. The fourth-order valence-electron chi connectivity index (χ4n) is 5.13. The normalized spacial score (nSPS) is 18.1. The summed E-state index contributed by atoms with van der Waals surface area (Å²) in [5, 5.41) is 9.62. The van der Waals surface area contributed by atoms with Crippen LogP contribution in [-0.2, 0) is 11.2 Å². The van der Waals surface area contributed by atoms with E-state index in [-0.39, 0.29) is 11.9 Å². The fourth-order valence-corrected chi connectivity index (χ4v) is 5.13. The number of piperazine rings is 1. The first-order valence-electron chi connectivity index (χ1n) is 13.5. The summed E-state index contributed by atoms with van der Waals surface area (Å²) in [7, 11) is 0. The van der Waals surface area contributed by atoms with Crippen LogP contribution in [0.4, 0.5) is 23.0 Å². The maximum atomic E-state index is 12.4. The third-order valence-electron chi connectivity index (χ3n) is 7.36. The summed E-state index contributed by atoms with van der Waals surface area (Å²) >= 11 is 0. The van der Waals surface area contributed by atoms with Crippen molar-refractivity contribution >= 4 is 28.9 Å². The van der Waals surface area contributed by atoms with Gasteiger partial charge < -0.3 is 25.8 Å². The largest absolute Gasteiger partial charge is 0.369 e. The first-order chi connectivity index (χ1) is 18.1. The molecule has 1 aromatic heterocycles. The second-order valence-electron chi connectivity index (χ2n) is 9.72. The molecule has 0 bridgehead atoms. The second kappa shape index (κ2) is 11.7. The van der Waals surface area contributed by atoms with E-state index in [4.69, 9.17) is 4.98 Å². The molecule has 1 unspecified atom stereocenters. The number of carbonyl (C=O) groups excluding carboxylic acids is 1. The van der Waals surface area contributed by atoms with Gasteiger partial charge in [0.15, 0.2) is 0 Å². The smallest absolute Gasteiger partial charge is 0.241 e. The average molecular weight is 500 g/mol. The van der Waals surface area contributed by atoms with Crippen molar-refractivity contribution in [3.8, 4) is 11.3 Å². The molecule has 2 aliphatic rings. The number of anilines is 4. The van der Waals surface area contributed by atoms with Gasteiger partial charge in [-0.05, 0) is 74.3 Å². The number of likely N-dealkylation sites (N-methyl/N-ethyl adjacent to an activating group) is 1. The number of benzene rings is 2. The number of aryl methyl sites for hydroxylation is 1. The predicted octanol–water partition coefficient (Wildman–Crippen LogP) is 4.28. The van der Waals surface area contributed by atoms with Gasteiger partial charge in [0.1, 0.15) is 0 Å². The highest BCUT2D eigenvalue weighted by atomic mass is 16.2. The Morgan fingerprint density at radius 2 is 1.81 bits per heavy atom. The van der Waals surface area contributed by atoms with Crippen LogP contribution < -0.4 is 20.9 Å². The minimum absolute atomic E-state index is 0.0273. The van der Waals surface area contributed by atoms with E-state index < -0.39 is 0 Å². The van der Waals surface area contributed by atoms with Crippen molar-refractivity contribution in [3.05, 3.63) is 60.3 Å². The molecule has 0 radical (unpaired) electrons. The Kier molecular flexibility index (Phi) is 7.96. The van der Waals surface area contributed by atoms with Crippen LogP contribution >= 0.6 is 0 Å². The lowest BCUT2D eigenvalue weighted by Crippen LogP contribution is -2.46. The lowest BCUT2D eigenvalue weighted by molar-refractivity contribution is -0.117. The predicted molar refractivity (Wildman–Crippen MR) is 151 cm³/mol. The summed E-state index contributed by atoms with van der Waals surface area (Å²) < 4.78 is 0. The van der Waals surface area contributed by atoms with E-state index in [2.05, 4.69) is 62.8 Å². The highest BCUT2D eigenvalue weighted by Gasteiger charge is 2.22. The van der Waals surface area contributed by atoms with Crippen molar-refractivity contribution in [1.29, 1.82) is 0 Å². The highest BCUT2D eigenvalue weighted by molar-refractivity contribution is 5.95. The molecule has 0 saturated carbocycles. The van der Waals surface area contributed by atoms with Gasteiger partial charge in [-0.1, -0.05) is 26.0 Å². The van der Waals surface area contributed by atoms with Crippen LogP contribution in [0.1, 0.15) is 32.3 Å². The molecule has 3 aromatic rings. The van der Waals surface area contributed by atoms with Crippen molar-refractivity contribution in [2.24, 2.45) is 0 Å². The fraction of sp³-hybridized carbons (Fsp3) is 0.414. The van der Waals surface area contributed by atoms with E-state index in [1.807, 2.05) is 30.3 Å². The lowest BCUT2D eigenvalue weighted by Gasteiger charge is -2.36. The number of aromatic nitrogens is 2. The van der Waals surface area contributed by atoms with E-state index in [1.54, 1.807) is 6.20 Å². The number of nitrogens with one attached hydrogen (secondary N) is 3. The van der Waals surface area contributed by atoms with Gasteiger partial charge in [-0.15, -0.1) is 0 Å². The molecular formula is C29H37N7O. The van der Waals surface area contributed by atoms with Crippen LogP contribution in [0.2, 0.25) is 0 Å². The molecule has 2 saturated heterocycles. The topological polar surface area (TPSA) is 85.4 Å². The van der Waals surface area contributed by atoms with Crippen molar-refractivity contribution < 1.29 is 4.79 Å². The van der Waals surface area contributed by atoms with Gasteiger partial charge in [-0.25, -0.2) is 9.97 Å². The first kappa shape index (κ1) is 25.2. The maximum absolute atomic E-state index is 12.4. The van der Waals surface area contributed by atoms with Gasteiger partial charge in [0.2, 0.25) is 11.9 Å². The standard InChI is InChI=1S/C29H37N7O/c1-3-21-20-24(11-12-27(21)36-18-16-35(4-2)17-19-36)33-29-31-15-13-25(34-29)22-7-9-23(10-8-22)32-28(37)26-6-5-14-30-26/h7-13,15,20,26,30H,3-6,14,16-19H2,1-2H3,(H,32,37)(H,31,33,34). The first-order valence-corrected chi connectivity index (χ1v) is 13.5. The second-order valence-corrected chi connectivity index (χ2v) is 9.72. The highest BCUT2D eigenvalue weighted by Crippen LogP contribution is 2.28. The van der Waals surface area contributed by atoms with E-state index >= 15 is 0 Å². The Labute approximate surface area is 219 Å². The minimum atomic E-state index is -0.0938. The molecule has 8 heteroatoms. The average Bonchev–Trinajstić information content (AvgIpc) is 3.49. The summed E-state index contributed by atoms with van der Waals surface area (Å²) in [4.78, 5) is 26.6. The third-order valence-corrected chi connectivity index (χ3v) is 7.36. The van der Waals surface area contributed by atoms with E-state index in [0.29, 0.717) is 5.95 Å². The Hall–Kier alpha value is -3.49. The maximum Gasteiger partial charge on any atom is 0.241 e. The molecule has 8 nitrogen and oxygen atoms in total. The number of carbonyl (C=O) groups is 1. The monoisotopic (exact) mass is 499 g/mol. The lowest BCUT2D eigenvalue weighted by atomic mass is 10.1. The molecule has 5 rings (SSSR count). The third kappa shape index (κ3) is 6.09. The van der Waals surface area contributed by atoms with Gasteiger partial charge in [-0.2, -0.15) is 0 Å². The molecule has 0 spiro atoms. The van der Waals surface area contributed by atoms with E-state index in [1.165, 1.54) is 11.3 Å². The van der Waals surface area contributed by atoms with Crippen LogP contribution in [0, 0.1) is 0 Å². The zero-order valence-corrected chi connectivity index (χ0v) is 21.8. The molecule has 1 atom stereocenters. The summed E-state index contributed by atoms with van der Waals surface area (Å²) in [6, 6.07) is 16.2. The Bertz CT molecular complexity index is 1200. The molecule has 0 aliphatic carbocycles. The molecule has 2 aromatic carbocycles. The molecule has 3 heterocycles. The summed E-state index contributed by atoms with van der Waals surface area (Å²) in [5.74, 6) is 0.591. The zero-order chi connectivity index (χ0) is 25.6. The molecular weight excluding hydrogens is 462 g/mol. The van der Waals surface area contributed by atoms with Crippen molar-refractivity contribution in [3.63, 3.8) is 0 Å². The Morgan fingerprint density at radius 3 is 2.51 bits per heavy atom. The molecule has 2 fully saturated rings. The number of hydrogen-bond donors (Lipinski definition) is 3. The van der Waals surface area contributed by atoms with Crippen molar-refractivity contribution in [1.82, 2.24) is 20.2 Å². The number of hydrogen-bond acceptors (Lipinski definition) is 7. The Morgan fingerprint density at radius 1 is 1.03 bits per heavy atom. The minimum Gasteiger partial charge on any atom is -0.369 e. The molecule has 194 valence electrons. The number of rotatable bonds is 8. The van der Waals surface area contributed by atoms with Crippen molar-refractivity contribution in [2.45, 2.75) is 39.2 Å². The van der Waals surface area contributed by atoms with E-state index in [0.717, 1.165) is 81.2 Å². The molecule has 37 heavy (non-hydrogen) atoms. The van der Waals surface area contributed by atoms with Crippen molar-refractivity contribution in [2.75, 3.05) is 54.8 Å². The van der Waals surface area contributed by atoms with Gasteiger partial charge in [-0.3, -0.25) is 4.79 Å². The zero-order valence-electron chi connectivity index (χ0n) is 21.8. The summed E-state index contributed by atoms with van der Waals surface area (Å²) in [6.07, 6.45) is 4.67. The van der Waals surface area contributed by atoms with Crippen LogP contribution in [-0.4, -0.2) is 66.1 Å².